The SMILES string of the molecule is COc1ccc(-n2c(SCC(=O)c3ccccc3)nc3sc4c(c3c2=O)CCC(C(C)(C)C)C4)cc1. The van der Waals surface area contributed by atoms with Gasteiger partial charge in [0.25, 0.3) is 5.56 Å². The van der Waals surface area contributed by atoms with Gasteiger partial charge < -0.3 is 4.74 Å². The molecule has 186 valence electrons. The standard InChI is InChI=1S/C29H30N2O3S2/c1-29(2,3)19-10-15-22-24(16-19)36-26-25(22)27(33)31(20-11-13-21(34-4)14-12-20)28(30-26)35-17-23(32)18-8-6-5-7-9-18/h5-9,11-14,19H,10,15-17H2,1-4H3. The van der Waals surface area contributed by atoms with Crippen LogP contribution in [0.3, 0.4) is 0 Å². The molecular weight excluding hydrogens is 488 g/mol. The topological polar surface area (TPSA) is 61.2 Å². The number of nitrogens with zero attached hydrogens (tertiary/aromatic N) is 2. The zero-order chi connectivity index (χ0) is 25.4. The van der Waals surface area contributed by atoms with Crippen LogP contribution in [0.15, 0.2) is 64.5 Å². The molecule has 0 radical (unpaired) electrons. The van der Waals surface area contributed by atoms with Gasteiger partial charge in [-0.25, -0.2) is 4.98 Å². The van der Waals surface area contributed by atoms with E-state index in [0.717, 1.165) is 40.8 Å². The summed E-state index contributed by atoms with van der Waals surface area (Å²) >= 11 is 2.96. The number of carbonyl (C=O) groups is 1. The Morgan fingerprint density at radius 1 is 1.14 bits per heavy atom. The molecule has 1 aliphatic carbocycles. The fourth-order valence-electron chi connectivity index (χ4n) is 4.84. The summed E-state index contributed by atoms with van der Waals surface area (Å²) in [7, 11) is 1.62. The second-order valence-corrected chi connectivity index (χ2v) is 12.3. The number of aryl methyl sites for hydroxylation is 1. The van der Waals surface area contributed by atoms with E-state index < -0.39 is 0 Å². The van der Waals surface area contributed by atoms with Crippen LogP contribution in [-0.4, -0.2) is 28.2 Å². The van der Waals surface area contributed by atoms with Gasteiger partial charge in [0, 0.05) is 10.4 Å². The smallest absolute Gasteiger partial charge is 0.267 e. The van der Waals surface area contributed by atoms with E-state index in [9.17, 15) is 9.59 Å². The van der Waals surface area contributed by atoms with Gasteiger partial charge in [-0.05, 0) is 60.4 Å². The van der Waals surface area contributed by atoms with Gasteiger partial charge in [-0.15, -0.1) is 11.3 Å². The van der Waals surface area contributed by atoms with E-state index in [1.807, 2.05) is 54.6 Å². The number of benzene rings is 2. The third-order valence-corrected chi connectivity index (χ3v) is 9.12. The van der Waals surface area contributed by atoms with Crippen molar-refractivity contribution in [3.63, 3.8) is 0 Å². The number of hydrogen-bond acceptors (Lipinski definition) is 6. The predicted octanol–water partition coefficient (Wildman–Crippen LogP) is 6.58. The number of rotatable bonds is 6. The molecule has 4 aromatic rings. The van der Waals surface area contributed by atoms with E-state index in [-0.39, 0.29) is 22.5 Å². The van der Waals surface area contributed by atoms with Crippen LogP contribution >= 0.6 is 23.1 Å². The van der Waals surface area contributed by atoms with Crippen LogP contribution in [0.2, 0.25) is 0 Å². The highest BCUT2D eigenvalue weighted by atomic mass is 32.2. The van der Waals surface area contributed by atoms with Crippen molar-refractivity contribution in [1.29, 1.82) is 0 Å². The van der Waals surface area contributed by atoms with Crippen molar-refractivity contribution in [2.24, 2.45) is 11.3 Å². The third kappa shape index (κ3) is 4.74. The maximum atomic E-state index is 14.0. The molecule has 1 aliphatic rings. The second-order valence-electron chi connectivity index (χ2n) is 10.3. The Bertz CT molecular complexity index is 1470. The lowest BCUT2D eigenvalue weighted by atomic mass is 9.72. The zero-order valence-electron chi connectivity index (χ0n) is 21.0. The average Bonchev–Trinajstić information content (AvgIpc) is 3.25. The van der Waals surface area contributed by atoms with Gasteiger partial charge in [0.05, 0.1) is 23.9 Å². The highest BCUT2D eigenvalue weighted by Gasteiger charge is 2.32. The summed E-state index contributed by atoms with van der Waals surface area (Å²) in [5.41, 5.74) is 2.69. The first kappa shape index (κ1) is 24.8. The molecule has 36 heavy (non-hydrogen) atoms. The van der Waals surface area contributed by atoms with Crippen LogP contribution < -0.4 is 10.3 Å². The van der Waals surface area contributed by atoms with E-state index >= 15 is 0 Å². The van der Waals surface area contributed by atoms with Crippen LogP contribution in [-0.2, 0) is 12.8 Å². The molecule has 2 heterocycles. The second kappa shape index (κ2) is 9.87. The van der Waals surface area contributed by atoms with Gasteiger partial charge in [0.1, 0.15) is 10.6 Å². The van der Waals surface area contributed by atoms with E-state index in [4.69, 9.17) is 9.72 Å². The number of thiophene rings is 1. The minimum atomic E-state index is -0.0634. The van der Waals surface area contributed by atoms with Gasteiger partial charge in [0.2, 0.25) is 0 Å². The molecule has 0 aliphatic heterocycles. The van der Waals surface area contributed by atoms with Crippen molar-refractivity contribution in [2.45, 2.75) is 45.2 Å². The molecular formula is C29H30N2O3S2. The summed E-state index contributed by atoms with van der Waals surface area (Å²) in [5, 5.41) is 1.27. The van der Waals surface area contributed by atoms with Crippen LogP contribution in [0.4, 0.5) is 0 Å². The van der Waals surface area contributed by atoms with Crippen molar-refractivity contribution in [2.75, 3.05) is 12.9 Å². The normalized spacial score (nSPS) is 15.6. The Kier molecular flexibility index (Phi) is 6.79. The Hall–Kier alpha value is -2.90. The molecule has 7 heteroatoms. The monoisotopic (exact) mass is 518 g/mol. The highest BCUT2D eigenvalue weighted by molar-refractivity contribution is 7.99. The number of Topliss-reactive ketones (excluding diaryl/α,β-unsaturated/α-hetero) is 1. The maximum Gasteiger partial charge on any atom is 0.267 e. The molecule has 0 saturated carbocycles. The van der Waals surface area contributed by atoms with Crippen molar-refractivity contribution in [3.8, 4) is 11.4 Å². The first-order valence-corrected chi connectivity index (χ1v) is 14.0. The molecule has 5 rings (SSSR count). The van der Waals surface area contributed by atoms with Crippen molar-refractivity contribution in [3.05, 3.63) is 81.0 Å². The zero-order valence-corrected chi connectivity index (χ0v) is 22.7. The van der Waals surface area contributed by atoms with E-state index in [0.29, 0.717) is 22.3 Å². The number of carbonyl (C=O) groups excluding carboxylic acids is 1. The summed E-state index contributed by atoms with van der Waals surface area (Å²) in [6, 6.07) is 16.6. The van der Waals surface area contributed by atoms with E-state index in [2.05, 4.69) is 20.8 Å². The van der Waals surface area contributed by atoms with Gasteiger partial charge in [0.15, 0.2) is 10.9 Å². The maximum absolute atomic E-state index is 14.0. The molecule has 1 atom stereocenters. The average molecular weight is 519 g/mol. The molecule has 2 aromatic heterocycles. The number of ether oxygens (including phenoxy) is 1. The van der Waals surface area contributed by atoms with Crippen molar-refractivity contribution >= 4 is 39.1 Å². The molecule has 5 nitrogen and oxygen atoms in total. The highest BCUT2D eigenvalue weighted by Crippen LogP contribution is 2.42. The Morgan fingerprint density at radius 3 is 2.53 bits per heavy atom. The summed E-state index contributed by atoms with van der Waals surface area (Å²) in [5.74, 6) is 1.51. The minimum absolute atomic E-state index is 0.00900. The largest absolute Gasteiger partial charge is 0.497 e. The third-order valence-electron chi connectivity index (χ3n) is 7.04. The summed E-state index contributed by atoms with van der Waals surface area (Å²) < 4.78 is 6.97. The van der Waals surface area contributed by atoms with Crippen molar-refractivity contribution in [1.82, 2.24) is 9.55 Å². The fourth-order valence-corrected chi connectivity index (χ4v) is 7.09. The lowest BCUT2D eigenvalue weighted by Gasteiger charge is -2.33. The van der Waals surface area contributed by atoms with Gasteiger partial charge in [-0.1, -0.05) is 62.9 Å². The van der Waals surface area contributed by atoms with Gasteiger partial charge >= 0.3 is 0 Å². The summed E-state index contributed by atoms with van der Waals surface area (Å²) in [6.07, 6.45) is 2.96. The lowest BCUT2D eigenvalue weighted by Crippen LogP contribution is -2.27. The van der Waals surface area contributed by atoms with E-state index in [1.54, 1.807) is 23.0 Å². The van der Waals surface area contributed by atoms with Gasteiger partial charge in [-0.3, -0.25) is 14.2 Å². The Balaban J connectivity index is 1.59. The van der Waals surface area contributed by atoms with Crippen LogP contribution in [0.25, 0.3) is 15.9 Å². The molecule has 1 unspecified atom stereocenters. The number of fused-ring (bicyclic) bond motifs is 3. The number of methoxy groups -OCH3 is 1. The summed E-state index contributed by atoms with van der Waals surface area (Å²) in [4.78, 5) is 33.9. The first-order valence-electron chi connectivity index (χ1n) is 12.2. The fraction of sp³-hybridized carbons (Fsp3) is 0.345. The van der Waals surface area contributed by atoms with Gasteiger partial charge in [-0.2, -0.15) is 0 Å². The lowest BCUT2D eigenvalue weighted by molar-refractivity contribution is 0.102. The molecule has 0 amide bonds. The van der Waals surface area contributed by atoms with Crippen molar-refractivity contribution < 1.29 is 9.53 Å². The first-order chi connectivity index (χ1) is 17.3. The number of hydrogen-bond donors (Lipinski definition) is 0. The summed E-state index contributed by atoms with van der Waals surface area (Å²) in [6.45, 7) is 6.89. The molecule has 0 N–H and O–H groups in total. The Morgan fingerprint density at radius 2 is 1.86 bits per heavy atom. The van der Waals surface area contributed by atoms with E-state index in [1.165, 1.54) is 16.6 Å². The number of thioether (sulfide) groups is 1. The van der Waals surface area contributed by atoms with Crippen LogP contribution in [0.1, 0.15) is 48.0 Å². The van der Waals surface area contributed by atoms with Crippen LogP contribution in [0, 0.1) is 11.3 Å². The Labute approximate surface area is 219 Å². The number of ketones is 1. The molecule has 0 bridgehead atoms. The molecule has 0 fully saturated rings. The van der Waals surface area contributed by atoms with Crippen LogP contribution in [0.5, 0.6) is 5.75 Å². The molecule has 0 spiro atoms. The quantitative estimate of drug-likeness (QED) is 0.164. The molecule has 0 saturated heterocycles. The number of aromatic nitrogens is 2. The molecule has 2 aromatic carbocycles. The predicted molar refractivity (Wildman–Crippen MR) is 148 cm³/mol. The minimum Gasteiger partial charge on any atom is -0.497 e.